The summed E-state index contributed by atoms with van der Waals surface area (Å²) >= 11 is 0. The minimum atomic E-state index is -0.576. The summed E-state index contributed by atoms with van der Waals surface area (Å²) in [5.74, 6) is -1.11. The second-order valence-electron chi connectivity index (χ2n) is 5.42. The fourth-order valence-electron chi connectivity index (χ4n) is 2.03. The van der Waals surface area contributed by atoms with Crippen LogP contribution in [-0.4, -0.2) is 37.6 Å². The van der Waals surface area contributed by atoms with E-state index in [4.69, 9.17) is 4.74 Å². The Morgan fingerprint density at radius 3 is 2.64 bits per heavy atom. The fraction of sp³-hybridized carbons (Fsp3) is 0.529. The lowest BCUT2D eigenvalue weighted by molar-refractivity contribution is -0.137. The van der Waals surface area contributed by atoms with Gasteiger partial charge in [-0.05, 0) is 51.8 Å². The molecule has 0 radical (unpaired) electrons. The average Bonchev–Trinajstić information content (AvgIpc) is 2.47. The number of anilines is 1. The molecule has 5 heteroatoms. The van der Waals surface area contributed by atoms with Crippen molar-refractivity contribution >= 4 is 17.5 Å². The molecular weight excluding hydrogens is 280 g/mol. The normalized spacial score (nSPS) is 10.6. The van der Waals surface area contributed by atoms with Gasteiger partial charge in [0.05, 0.1) is 6.10 Å². The molecule has 122 valence electrons. The van der Waals surface area contributed by atoms with Gasteiger partial charge < -0.3 is 15.0 Å². The molecule has 0 aromatic heterocycles. The quantitative estimate of drug-likeness (QED) is 0.621. The second-order valence-corrected chi connectivity index (χ2v) is 5.42. The largest absolute Gasteiger partial charge is 0.379 e. The van der Waals surface area contributed by atoms with Gasteiger partial charge in [-0.15, -0.1) is 0 Å². The van der Waals surface area contributed by atoms with Gasteiger partial charge in [0, 0.05) is 25.4 Å². The van der Waals surface area contributed by atoms with Crippen LogP contribution in [0.3, 0.4) is 0 Å². The van der Waals surface area contributed by atoms with Crippen LogP contribution < -0.4 is 10.2 Å². The van der Waals surface area contributed by atoms with Crippen molar-refractivity contribution in [1.29, 1.82) is 0 Å². The van der Waals surface area contributed by atoms with Crippen molar-refractivity contribution in [2.24, 2.45) is 0 Å². The number of carbonyl (C=O) groups excluding carboxylic acids is 2. The van der Waals surface area contributed by atoms with Crippen LogP contribution in [0.15, 0.2) is 24.3 Å². The van der Waals surface area contributed by atoms with Gasteiger partial charge in [0.25, 0.3) is 0 Å². The number of likely N-dealkylation sites (N-methyl/N-ethyl adjacent to an activating group) is 1. The molecule has 0 spiro atoms. The van der Waals surface area contributed by atoms with Crippen LogP contribution >= 0.6 is 0 Å². The molecule has 0 unspecified atom stereocenters. The maximum Gasteiger partial charge on any atom is 0.316 e. The molecule has 22 heavy (non-hydrogen) atoms. The summed E-state index contributed by atoms with van der Waals surface area (Å²) in [6.07, 6.45) is 0.863. The van der Waals surface area contributed by atoms with Gasteiger partial charge in [0.2, 0.25) is 0 Å². The number of benzene rings is 1. The van der Waals surface area contributed by atoms with E-state index < -0.39 is 11.8 Å². The number of carbonyl (C=O) groups is 2. The highest BCUT2D eigenvalue weighted by Crippen LogP contribution is 2.15. The molecule has 1 N–H and O–H groups in total. The first kappa shape index (κ1) is 18.2. The first-order valence-corrected chi connectivity index (χ1v) is 7.73. The van der Waals surface area contributed by atoms with E-state index in [1.165, 1.54) is 4.90 Å². The van der Waals surface area contributed by atoms with E-state index >= 15 is 0 Å². The van der Waals surface area contributed by atoms with E-state index in [2.05, 4.69) is 5.32 Å². The molecule has 0 aliphatic heterocycles. The lowest BCUT2D eigenvalue weighted by Crippen LogP contribution is -2.43. The van der Waals surface area contributed by atoms with E-state index in [1.54, 1.807) is 0 Å². The van der Waals surface area contributed by atoms with E-state index in [-0.39, 0.29) is 6.10 Å². The van der Waals surface area contributed by atoms with Gasteiger partial charge in [-0.3, -0.25) is 9.59 Å². The number of rotatable bonds is 7. The third-order valence-corrected chi connectivity index (χ3v) is 3.13. The molecule has 1 aromatic carbocycles. The molecule has 1 rings (SSSR count). The predicted octanol–water partition coefficient (Wildman–Crippen LogP) is 2.28. The third kappa shape index (κ3) is 5.85. The maximum atomic E-state index is 12.2. The second kappa shape index (κ2) is 9.20. The summed E-state index contributed by atoms with van der Waals surface area (Å²) in [7, 11) is 0. The van der Waals surface area contributed by atoms with E-state index in [0.717, 1.165) is 11.3 Å². The first-order chi connectivity index (χ1) is 10.5. The number of aryl methyl sites for hydroxylation is 1. The molecule has 0 aliphatic carbocycles. The highest BCUT2D eigenvalue weighted by Gasteiger charge is 2.21. The number of ether oxygens (including phenoxy) is 1. The molecule has 2 amide bonds. The first-order valence-electron chi connectivity index (χ1n) is 7.73. The number of hydrogen-bond donors (Lipinski definition) is 1. The zero-order valence-electron chi connectivity index (χ0n) is 13.9. The topological polar surface area (TPSA) is 58.6 Å². The van der Waals surface area contributed by atoms with Gasteiger partial charge >= 0.3 is 11.8 Å². The predicted molar refractivity (Wildman–Crippen MR) is 87.9 cm³/mol. The zero-order chi connectivity index (χ0) is 16.5. The molecule has 0 saturated heterocycles. The zero-order valence-corrected chi connectivity index (χ0v) is 13.9. The van der Waals surface area contributed by atoms with Crippen LogP contribution in [0, 0.1) is 6.92 Å². The Hall–Kier alpha value is -1.88. The molecule has 0 fully saturated rings. The Balaban J connectivity index is 2.51. The summed E-state index contributed by atoms with van der Waals surface area (Å²) in [4.78, 5) is 25.7. The molecule has 0 atom stereocenters. The van der Waals surface area contributed by atoms with Crippen LogP contribution in [-0.2, 0) is 14.3 Å². The Morgan fingerprint density at radius 1 is 1.32 bits per heavy atom. The van der Waals surface area contributed by atoms with Crippen LogP contribution in [0.25, 0.3) is 0 Å². The van der Waals surface area contributed by atoms with Crippen LogP contribution in [0.1, 0.15) is 32.8 Å². The van der Waals surface area contributed by atoms with Crippen molar-refractivity contribution in [1.82, 2.24) is 5.32 Å². The number of nitrogens with one attached hydrogen (secondary N) is 1. The molecule has 0 bridgehead atoms. The SMILES string of the molecule is CCN(C(=O)C(=O)NCCCOC(C)C)c1cccc(C)c1. The van der Waals surface area contributed by atoms with Crippen molar-refractivity contribution in [3.8, 4) is 0 Å². The Kier molecular flexibility index (Phi) is 7.60. The lowest BCUT2D eigenvalue weighted by atomic mass is 10.2. The molecule has 0 saturated carbocycles. The van der Waals surface area contributed by atoms with E-state index in [0.29, 0.717) is 26.1 Å². The Morgan fingerprint density at radius 2 is 2.05 bits per heavy atom. The smallest absolute Gasteiger partial charge is 0.316 e. The maximum absolute atomic E-state index is 12.2. The van der Waals surface area contributed by atoms with Gasteiger partial charge in [-0.2, -0.15) is 0 Å². The summed E-state index contributed by atoms with van der Waals surface area (Å²) in [5.41, 5.74) is 1.79. The standard InChI is InChI=1S/C17H26N2O3/c1-5-19(15-9-6-8-14(4)12-15)17(21)16(20)18-10-7-11-22-13(2)3/h6,8-9,12-13H,5,7,10-11H2,1-4H3,(H,18,20). The highest BCUT2D eigenvalue weighted by atomic mass is 16.5. The van der Waals surface area contributed by atoms with Gasteiger partial charge in [0.1, 0.15) is 0 Å². The van der Waals surface area contributed by atoms with Crippen molar-refractivity contribution in [2.75, 3.05) is 24.6 Å². The minimum Gasteiger partial charge on any atom is -0.379 e. The average molecular weight is 306 g/mol. The molecule has 0 aliphatic rings. The summed E-state index contributed by atoms with van der Waals surface area (Å²) in [5, 5.41) is 2.65. The van der Waals surface area contributed by atoms with Crippen LogP contribution in [0.2, 0.25) is 0 Å². The monoisotopic (exact) mass is 306 g/mol. The number of nitrogens with zero attached hydrogens (tertiary/aromatic N) is 1. The van der Waals surface area contributed by atoms with Gasteiger partial charge in [-0.1, -0.05) is 12.1 Å². The van der Waals surface area contributed by atoms with Gasteiger partial charge in [0.15, 0.2) is 0 Å². The molecule has 5 nitrogen and oxygen atoms in total. The number of amides is 2. The summed E-state index contributed by atoms with van der Waals surface area (Å²) in [6.45, 7) is 9.18. The molecular formula is C17H26N2O3. The van der Waals surface area contributed by atoms with Crippen LogP contribution in [0.4, 0.5) is 5.69 Å². The van der Waals surface area contributed by atoms with Crippen molar-refractivity contribution in [3.05, 3.63) is 29.8 Å². The summed E-state index contributed by atoms with van der Waals surface area (Å²) in [6, 6.07) is 7.56. The van der Waals surface area contributed by atoms with Crippen molar-refractivity contribution < 1.29 is 14.3 Å². The van der Waals surface area contributed by atoms with Crippen LogP contribution in [0.5, 0.6) is 0 Å². The van der Waals surface area contributed by atoms with Crippen molar-refractivity contribution in [3.63, 3.8) is 0 Å². The van der Waals surface area contributed by atoms with E-state index in [9.17, 15) is 9.59 Å². The number of hydrogen-bond acceptors (Lipinski definition) is 3. The lowest BCUT2D eigenvalue weighted by Gasteiger charge is -2.20. The van der Waals surface area contributed by atoms with Crippen molar-refractivity contribution in [2.45, 2.75) is 40.2 Å². The van der Waals surface area contributed by atoms with Gasteiger partial charge in [-0.25, -0.2) is 0 Å². The fourth-order valence-corrected chi connectivity index (χ4v) is 2.03. The summed E-state index contributed by atoms with van der Waals surface area (Å²) < 4.78 is 5.39. The molecule has 1 aromatic rings. The highest BCUT2D eigenvalue weighted by molar-refractivity contribution is 6.40. The minimum absolute atomic E-state index is 0.175. The Bertz CT molecular complexity index is 500. The third-order valence-electron chi connectivity index (χ3n) is 3.13. The molecule has 0 heterocycles. The van der Waals surface area contributed by atoms with E-state index in [1.807, 2.05) is 52.0 Å². The Labute approximate surface area is 132 Å².